The van der Waals surface area contributed by atoms with Crippen LogP contribution in [-0.4, -0.2) is 35.7 Å². The summed E-state index contributed by atoms with van der Waals surface area (Å²) in [4.78, 5) is 16.5. The molecule has 0 radical (unpaired) electrons. The molecule has 0 saturated carbocycles. The van der Waals surface area contributed by atoms with Crippen molar-refractivity contribution in [1.29, 1.82) is 0 Å². The molecule has 3 aromatic rings. The van der Waals surface area contributed by atoms with Crippen molar-refractivity contribution in [2.45, 2.75) is 39.2 Å². The van der Waals surface area contributed by atoms with E-state index in [4.69, 9.17) is 14.5 Å². The minimum atomic E-state index is -0.103. The number of benzene rings is 2. The molecule has 0 bridgehead atoms. The molecule has 0 saturated heterocycles. The van der Waals surface area contributed by atoms with Crippen LogP contribution in [0, 0.1) is 0 Å². The number of nitrogens with one attached hydrogen (secondary N) is 1. The van der Waals surface area contributed by atoms with Crippen molar-refractivity contribution in [1.82, 2.24) is 14.9 Å². The molecule has 6 heteroatoms. The lowest BCUT2D eigenvalue weighted by atomic mass is 10.1. The van der Waals surface area contributed by atoms with E-state index in [2.05, 4.69) is 29.1 Å². The summed E-state index contributed by atoms with van der Waals surface area (Å²) in [6.07, 6.45) is 5.09. The third kappa shape index (κ3) is 6.48. The number of rotatable bonds is 13. The van der Waals surface area contributed by atoms with Crippen molar-refractivity contribution in [3.63, 3.8) is 0 Å². The maximum Gasteiger partial charge on any atom is 0.246 e. The van der Waals surface area contributed by atoms with Crippen LogP contribution in [0.2, 0.25) is 0 Å². The Morgan fingerprint density at radius 2 is 2.00 bits per heavy atom. The highest BCUT2D eigenvalue weighted by molar-refractivity contribution is 5.92. The smallest absolute Gasteiger partial charge is 0.246 e. The molecule has 2 aromatic carbocycles. The number of hydrogen-bond donors (Lipinski definition) is 1. The van der Waals surface area contributed by atoms with E-state index in [0.717, 1.165) is 66.1 Å². The van der Waals surface area contributed by atoms with Crippen molar-refractivity contribution >= 4 is 16.9 Å². The molecule has 1 aromatic heterocycles. The predicted molar refractivity (Wildman–Crippen MR) is 133 cm³/mol. The van der Waals surface area contributed by atoms with Gasteiger partial charge in [-0.3, -0.25) is 4.79 Å². The van der Waals surface area contributed by atoms with E-state index < -0.39 is 0 Å². The summed E-state index contributed by atoms with van der Waals surface area (Å²) in [5, 5.41) is 2.89. The molecule has 1 heterocycles. The predicted octanol–water partition coefficient (Wildman–Crippen LogP) is 4.87. The van der Waals surface area contributed by atoms with E-state index in [-0.39, 0.29) is 5.91 Å². The van der Waals surface area contributed by atoms with E-state index in [0.29, 0.717) is 18.7 Å². The van der Waals surface area contributed by atoms with Gasteiger partial charge < -0.3 is 19.4 Å². The molecular weight excluding hydrogens is 414 g/mol. The normalized spacial score (nSPS) is 10.7. The molecule has 1 N–H and O–H groups in total. The second-order valence-electron chi connectivity index (χ2n) is 7.99. The number of hydrogen-bond acceptors (Lipinski definition) is 4. The van der Waals surface area contributed by atoms with Crippen LogP contribution in [0.25, 0.3) is 11.0 Å². The molecule has 3 rings (SSSR count). The van der Waals surface area contributed by atoms with E-state index in [9.17, 15) is 4.79 Å². The van der Waals surface area contributed by atoms with Crippen molar-refractivity contribution in [2.75, 3.05) is 20.3 Å². The van der Waals surface area contributed by atoms with Crippen LogP contribution in [0.15, 0.2) is 67.3 Å². The molecule has 0 atom stereocenters. The van der Waals surface area contributed by atoms with Crippen LogP contribution in [-0.2, 0) is 24.2 Å². The Bertz CT molecular complexity index is 1120. The van der Waals surface area contributed by atoms with Gasteiger partial charge in [0.2, 0.25) is 5.91 Å². The minimum Gasteiger partial charge on any atom is -0.493 e. The third-order valence-electron chi connectivity index (χ3n) is 5.38. The van der Waals surface area contributed by atoms with Gasteiger partial charge in [0.1, 0.15) is 5.82 Å². The van der Waals surface area contributed by atoms with Gasteiger partial charge in [-0.1, -0.05) is 30.9 Å². The lowest BCUT2D eigenvalue weighted by Gasteiger charge is -2.13. The van der Waals surface area contributed by atoms with Gasteiger partial charge in [-0.05, 0) is 56.0 Å². The molecule has 0 aliphatic rings. The number of imidazole rings is 1. The highest BCUT2D eigenvalue weighted by Gasteiger charge is 2.11. The fourth-order valence-electron chi connectivity index (χ4n) is 3.69. The zero-order valence-corrected chi connectivity index (χ0v) is 19.6. The van der Waals surface area contributed by atoms with Crippen LogP contribution in [0.5, 0.6) is 11.5 Å². The molecule has 0 spiro atoms. The topological polar surface area (TPSA) is 65.4 Å². The maximum absolute atomic E-state index is 11.7. The largest absolute Gasteiger partial charge is 0.493 e. The summed E-state index contributed by atoms with van der Waals surface area (Å²) in [5.74, 6) is 2.40. The summed E-state index contributed by atoms with van der Waals surface area (Å²) in [7, 11) is 1.66. The quantitative estimate of drug-likeness (QED) is 0.231. The van der Waals surface area contributed by atoms with Gasteiger partial charge >= 0.3 is 0 Å². The van der Waals surface area contributed by atoms with Gasteiger partial charge in [0.05, 0.1) is 24.8 Å². The van der Waals surface area contributed by atoms with Gasteiger partial charge in [0.15, 0.2) is 11.5 Å². The van der Waals surface area contributed by atoms with Gasteiger partial charge in [0.25, 0.3) is 0 Å². The van der Waals surface area contributed by atoms with Crippen LogP contribution in [0.1, 0.15) is 31.2 Å². The number of aryl methyl sites for hydroxylation is 2. The number of allylic oxidation sites excluding steroid dienone is 1. The Balaban J connectivity index is 1.60. The van der Waals surface area contributed by atoms with Crippen LogP contribution < -0.4 is 14.8 Å². The number of carbonyl (C=O) groups is 1. The van der Waals surface area contributed by atoms with Gasteiger partial charge in [0, 0.05) is 25.1 Å². The van der Waals surface area contributed by atoms with E-state index in [1.807, 2.05) is 42.5 Å². The molecule has 0 unspecified atom stereocenters. The number of ether oxygens (including phenoxy) is 2. The zero-order valence-electron chi connectivity index (χ0n) is 19.6. The molecular formula is C27H33N3O3. The summed E-state index contributed by atoms with van der Waals surface area (Å²) in [5.41, 5.74) is 3.76. The second-order valence-corrected chi connectivity index (χ2v) is 7.99. The minimum absolute atomic E-state index is 0.103. The van der Waals surface area contributed by atoms with E-state index in [1.54, 1.807) is 14.0 Å². The summed E-state index contributed by atoms with van der Waals surface area (Å²) in [6, 6.07) is 14.1. The number of carbonyl (C=O) groups excluding carboxylic acids is 1. The Morgan fingerprint density at radius 3 is 2.76 bits per heavy atom. The van der Waals surface area contributed by atoms with Crippen LogP contribution in [0.3, 0.4) is 0 Å². The van der Waals surface area contributed by atoms with E-state index >= 15 is 0 Å². The second kappa shape index (κ2) is 11.9. The highest BCUT2D eigenvalue weighted by Crippen LogP contribution is 2.28. The SMILES string of the molecule is C=CCc1ccc(OCCCn2c(CCCNC(=O)C(=C)C)nc3ccccc32)c(OC)c1. The lowest BCUT2D eigenvalue weighted by molar-refractivity contribution is -0.117. The number of methoxy groups -OCH3 is 1. The molecule has 0 fully saturated rings. The number of fused-ring (bicyclic) bond motifs is 1. The molecule has 0 aliphatic carbocycles. The average molecular weight is 448 g/mol. The van der Waals surface area contributed by atoms with Crippen molar-refractivity contribution in [2.24, 2.45) is 0 Å². The summed E-state index contributed by atoms with van der Waals surface area (Å²) < 4.78 is 13.8. The first-order valence-electron chi connectivity index (χ1n) is 11.3. The molecule has 174 valence electrons. The molecule has 0 aliphatic heterocycles. The Kier molecular flexibility index (Phi) is 8.70. The first-order chi connectivity index (χ1) is 16.0. The number of amides is 1. The number of para-hydroxylation sites is 2. The van der Waals surface area contributed by atoms with Gasteiger partial charge in [-0.2, -0.15) is 0 Å². The summed E-state index contributed by atoms with van der Waals surface area (Å²) in [6.45, 7) is 11.1. The fraction of sp³-hybridized carbons (Fsp3) is 0.333. The molecule has 33 heavy (non-hydrogen) atoms. The average Bonchev–Trinajstić information content (AvgIpc) is 3.17. The first kappa shape index (κ1) is 24.1. The van der Waals surface area contributed by atoms with Crippen LogP contribution in [0.4, 0.5) is 0 Å². The van der Waals surface area contributed by atoms with Gasteiger partial charge in [-0.25, -0.2) is 4.98 Å². The Labute approximate surface area is 195 Å². The Morgan fingerprint density at radius 1 is 1.18 bits per heavy atom. The summed E-state index contributed by atoms with van der Waals surface area (Å²) >= 11 is 0. The monoisotopic (exact) mass is 447 g/mol. The zero-order chi connectivity index (χ0) is 23.6. The van der Waals surface area contributed by atoms with E-state index in [1.165, 1.54) is 0 Å². The highest BCUT2D eigenvalue weighted by atomic mass is 16.5. The number of aromatic nitrogens is 2. The van der Waals surface area contributed by atoms with Crippen LogP contribution >= 0.6 is 0 Å². The van der Waals surface area contributed by atoms with Crippen molar-refractivity contribution in [3.05, 3.63) is 78.7 Å². The maximum atomic E-state index is 11.7. The Hall–Kier alpha value is -3.54. The standard InChI is InChI=1S/C27H33N3O3/c1-5-10-21-14-15-24(25(19-21)32-4)33-18-9-17-30-23-12-7-6-11-22(23)29-26(30)13-8-16-28-27(31)20(2)3/h5-7,11-12,14-15,19H,1-2,8-10,13,16-18H2,3-4H3,(H,28,31). The number of nitrogens with zero attached hydrogens (tertiary/aromatic N) is 2. The lowest BCUT2D eigenvalue weighted by Crippen LogP contribution is -2.25. The first-order valence-corrected chi connectivity index (χ1v) is 11.3. The van der Waals surface area contributed by atoms with Gasteiger partial charge in [-0.15, -0.1) is 6.58 Å². The van der Waals surface area contributed by atoms with Crippen molar-refractivity contribution < 1.29 is 14.3 Å². The molecule has 1 amide bonds. The molecule has 6 nitrogen and oxygen atoms in total. The fourth-order valence-corrected chi connectivity index (χ4v) is 3.69. The third-order valence-corrected chi connectivity index (χ3v) is 5.38. The van der Waals surface area contributed by atoms with Crippen molar-refractivity contribution in [3.8, 4) is 11.5 Å².